The molecule has 0 radical (unpaired) electrons. The Morgan fingerprint density at radius 3 is 1.12 bits per heavy atom. The third-order valence-corrected chi connectivity index (χ3v) is 17.4. The van der Waals surface area contributed by atoms with E-state index in [1.54, 1.807) is 35.2 Å². The van der Waals surface area contributed by atoms with Crippen molar-refractivity contribution in [2.24, 2.45) is 16.2 Å². The van der Waals surface area contributed by atoms with Crippen LogP contribution in [0.5, 0.6) is 0 Å². The van der Waals surface area contributed by atoms with E-state index in [0.29, 0.717) is 58.8 Å². The topological polar surface area (TPSA) is 402 Å². The van der Waals surface area contributed by atoms with Crippen LogP contribution in [0, 0.1) is 16.2 Å². The molecule has 1 aliphatic carbocycles. The fourth-order valence-corrected chi connectivity index (χ4v) is 12.3. The zero-order chi connectivity index (χ0) is 67.9. The smallest absolute Gasteiger partial charge is 0.410 e. The third kappa shape index (κ3) is 18.9. The normalized spacial score (nSPS) is 19.5. The van der Waals surface area contributed by atoms with Gasteiger partial charge in [0.1, 0.15) is 45.9 Å². The minimum atomic E-state index is -0.485. The first-order valence-electron chi connectivity index (χ1n) is 32.2. The molecule has 1 saturated carbocycles. The van der Waals surface area contributed by atoms with E-state index >= 15 is 0 Å². The third-order valence-electron chi connectivity index (χ3n) is 17.4. The number of aromatic nitrogens is 10. The van der Waals surface area contributed by atoms with Gasteiger partial charge >= 0.3 is 18.3 Å². The summed E-state index contributed by atoms with van der Waals surface area (Å²) in [5.41, 5.74) is 27.0. The van der Waals surface area contributed by atoms with Crippen LogP contribution in [0.15, 0.2) is 60.7 Å². The largest absolute Gasteiger partial charge is 0.444 e. The molecule has 7 aliphatic heterocycles. The lowest BCUT2D eigenvalue weighted by atomic mass is 9.63. The van der Waals surface area contributed by atoms with Gasteiger partial charge in [-0.2, -0.15) is 0 Å². The SMILES string of the molecule is CC(C)(C)OC(=O)N1CC2(C1)CN(c1ccc(N)nn1)C2.CC(C)(C)OC(=O)N1CCC2(CC1)CN(c1ccc(N)nn1)C2.CC1(NC(=O)OC(C)(C)C)CCN(c2ccc(N)nn2)CC1.Nc1ccc(N2CC3(CCC3)C2)nn1.Nc1ccc(N2CCNC(=O)C2)nn1. The van der Waals surface area contributed by atoms with E-state index in [1.807, 2.05) is 109 Å². The number of piperazine rings is 1. The van der Waals surface area contributed by atoms with Gasteiger partial charge in [-0.1, -0.05) is 6.42 Å². The van der Waals surface area contributed by atoms with Gasteiger partial charge in [-0.05, 0) is 168 Å². The minimum Gasteiger partial charge on any atom is -0.444 e. The first-order valence-corrected chi connectivity index (χ1v) is 32.2. The van der Waals surface area contributed by atoms with Crippen molar-refractivity contribution >= 4 is 82.4 Å². The lowest BCUT2D eigenvalue weighted by Crippen LogP contribution is -2.73. The number of nitrogens with two attached hydrogens (primary N) is 5. The molecule has 8 fully saturated rings. The predicted octanol–water partition coefficient (Wildman–Crippen LogP) is 5.00. The van der Waals surface area contributed by atoms with E-state index in [9.17, 15) is 19.2 Å². The number of nitrogen functional groups attached to an aromatic ring is 5. The summed E-state index contributed by atoms with van der Waals surface area (Å²) < 4.78 is 16.1. The molecule has 12 N–H and O–H groups in total. The molecule has 4 amide bonds. The van der Waals surface area contributed by atoms with Crippen molar-refractivity contribution in [3.63, 3.8) is 0 Å². The van der Waals surface area contributed by atoms with E-state index in [4.69, 9.17) is 42.9 Å². The van der Waals surface area contributed by atoms with E-state index < -0.39 is 16.8 Å². The number of hydrogen-bond acceptors (Lipinski definition) is 27. The molecule has 31 heteroatoms. The summed E-state index contributed by atoms with van der Waals surface area (Å²) in [6, 6.07) is 18.1. The van der Waals surface area contributed by atoms with Crippen LogP contribution >= 0.6 is 0 Å². The number of hydrogen-bond donors (Lipinski definition) is 7. The Hall–Kier alpha value is -9.32. The Labute approximate surface area is 549 Å². The molecule has 5 aromatic rings. The summed E-state index contributed by atoms with van der Waals surface area (Å²) in [7, 11) is 0. The molecule has 94 heavy (non-hydrogen) atoms. The van der Waals surface area contributed by atoms with E-state index in [-0.39, 0.29) is 35.1 Å². The highest BCUT2D eigenvalue weighted by Crippen LogP contribution is 2.49. The van der Waals surface area contributed by atoms with Crippen molar-refractivity contribution < 1.29 is 33.4 Å². The van der Waals surface area contributed by atoms with Crippen LogP contribution in [0.25, 0.3) is 0 Å². The molecule has 13 rings (SSSR count). The molecule has 8 aliphatic rings. The Bertz CT molecular complexity index is 3320. The standard InChI is InChI=1S/C16H25N5O2.C15H25N5O2.C14H21N5O2.C10H14N4.C8H11N5O/c1-15(2,3)23-14(22)20-8-6-16(7-9-20)10-21(11-16)13-5-4-12(17)18-19-13;1-14(2,3)22-13(21)17-15(4)7-9-20(10-8-15)12-6-5-11(16)18-19-12;1-13(2,3)21-12(20)19-8-14(9-19)6-18(7-14)11-5-4-10(15)16-17-11;11-8-2-3-9(13-12-8)14-6-10(7-14)4-1-5-10;9-6-1-2-7(12-11-6)13-4-3-10-8(14)5-13/h4-5H,6-11H2,1-3H3,(H2,17,18);5-6H,7-10H2,1-4H3,(H2,16,18)(H,17,21);4-5H,6-9H2,1-3H3,(H2,15,16);2-3H,1,4-7H2,(H2,11,12);1-2H,3-5H2,(H2,9,11)(H,10,14). The van der Waals surface area contributed by atoms with Crippen molar-refractivity contribution in [1.82, 2.24) is 71.4 Å². The van der Waals surface area contributed by atoms with Gasteiger partial charge in [0, 0.05) is 113 Å². The summed E-state index contributed by atoms with van der Waals surface area (Å²) in [5.74, 6) is 6.35. The maximum atomic E-state index is 12.1. The number of ether oxygens (including phenoxy) is 3. The van der Waals surface area contributed by atoms with Crippen LogP contribution in [0.2, 0.25) is 0 Å². The summed E-state index contributed by atoms with van der Waals surface area (Å²) in [5, 5.41) is 45.2. The second-order valence-corrected chi connectivity index (χ2v) is 29.3. The summed E-state index contributed by atoms with van der Waals surface area (Å²) in [4.78, 5) is 61.3. The summed E-state index contributed by atoms with van der Waals surface area (Å²) >= 11 is 0. The van der Waals surface area contributed by atoms with Crippen LogP contribution < -0.4 is 63.8 Å². The van der Waals surface area contributed by atoms with Gasteiger partial charge in [-0.25, -0.2) is 14.4 Å². The molecule has 0 atom stereocenters. The van der Waals surface area contributed by atoms with Crippen molar-refractivity contribution in [2.75, 3.05) is 151 Å². The number of anilines is 10. The number of piperidine rings is 2. The molecule has 5 aromatic heterocycles. The van der Waals surface area contributed by atoms with Crippen molar-refractivity contribution in [3.8, 4) is 0 Å². The summed E-state index contributed by atoms with van der Waals surface area (Å²) in [6.07, 6.45) is 7.05. The lowest BCUT2D eigenvalue weighted by Gasteiger charge is -2.60. The van der Waals surface area contributed by atoms with Crippen LogP contribution in [0.1, 0.15) is 114 Å². The fourth-order valence-electron chi connectivity index (χ4n) is 12.3. The number of carbonyl (C=O) groups excluding carboxylic acids is 4. The highest BCUT2D eigenvalue weighted by atomic mass is 16.6. The van der Waals surface area contributed by atoms with Crippen LogP contribution in [-0.4, -0.2) is 205 Å². The average molecular weight is 1300 g/mol. The van der Waals surface area contributed by atoms with Crippen molar-refractivity contribution in [2.45, 2.75) is 137 Å². The zero-order valence-corrected chi connectivity index (χ0v) is 56.2. The lowest BCUT2D eigenvalue weighted by molar-refractivity contribution is -0.120. The average Bonchev–Trinajstić information content (AvgIpc) is 0.740. The van der Waals surface area contributed by atoms with Crippen LogP contribution in [0.3, 0.4) is 0 Å². The van der Waals surface area contributed by atoms with Crippen molar-refractivity contribution in [1.29, 1.82) is 0 Å². The molecule has 7 saturated heterocycles. The second-order valence-electron chi connectivity index (χ2n) is 29.3. The molecule has 510 valence electrons. The Morgan fingerprint density at radius 2 is 0.777 bits per heavy atom. The van der Waals surface area contributed by atoms with Gasteiger partial charge in [-0.3, -0.25) is 4.79 Å². The Kier molecular flexibility index (Phi) is 20.6. The summed E-state index contributed by atoms with van der Waals surface area (Å²) in [6.45, 7) is 31.3. The number of nitrogens with zero attached hydrogens (tertiary/aromatic N) is 17. The molecule has 0 bridgehead atoms. The molecular weight excluding hydrogens is 1200 g/mol. The maximum Gasteiger partial charge on any atom is 0.410 e. The number of carbonyl (C=O) groups is 4. The van der Waals surface area contributed by atoms with Crippen LogP contribution in [0.4, 0.5) is 72.6 Å². The van der Waals surface area contributed by atoms with Gasteiger partial charge < -0.3 is 87.8 Å². The zero-order valence-electron chi connectivity index (χ0n) is 56.2. The fraction of sp³-hybridized carbons (Fsp3) is 0.619. The Balaban J connectivity index is 0.000000140. The second kappa shape index (κ2) is 28.1. The highest BCUT2D eigenvalue weighted by Gasteiger charge is 2.55. The quantitative estimate of drug-likeness (QED) is 0.110. The predicted molar refractivity (Wildman–Crippen MR) is 359 cm³/mol. The van der Waals surface area contributed by atoms with Crippen LogP contribution in [-0.2, 0) is 19.0 Å². The molecule has 3 spiro atoms. The monoisotopic (exact) mass is 1300 g/mol. The minimum absolute atomic E-state index is 0.00914. The van der Waals surface area contributed by atoms with E-state index in [2.05, 4.69) is 81.2 Å². The van der Waals surface area contributed by atoms with Gasteiger partial charge in [-0.15, -0.1) is 51.0 Å². The molecule has 31 nitrogen and oxygen atoms in total. The number of nitrogens with one attached hydrogen (secondary N) is 2. The Morgan fingerprint density at radius 1 is 0.426 bits per heavy atom. The first-order chi connectivity index (χ1) is 44.2. The maximum absolute atomic E-state index is 12.1. The van der Waals surface area contributed by atoms with E-state index in [0.717, 1.165) is 134 Å². The van der Waals surface area contributed by atoms with E-state index in [1.165, 1.54) is 19.3 Å². The first kappa shape index (κ1) is 69.0. The number of likely N-dealkylation sites (tertiary alicyclic amines) is 2. The molecule has 0 unspecified atom stereocenters. The molecule has 12 heterocycles. The number of amides is 4. The van der Waals surface area contributed by atoms with Gasteiger partial charge in [0.05, 0.1) is 6.54 Å². The van der Waals surface area contributed by atoms with Gasteiger partial charge in [0.25, 0.3) is 0 Å². The highest BCUT2D eigenvalue weighted by molar-refractivity contribution is 5.82. The molecule has 0 aromatic carbocycles. The molecular formula is C63H96N24O7. The van der Waals surface area contributed by atoms with Crippen molar-refractivity contribution in [3.05, 3.63) is 60.7 Å². The van der Waals surface area contributed by atoms with Gasteiger partial charge in [0.15, 0.2) is 29.1 Å². The van der Waals surface area contributed by atoms with Gasteiger partial charge in [0.2, 0.25) is 5.91 Å². The number of rotatable bonds is 6. The number of alkyl carbamates (subject to hydrolysis) is 1.